The van der Waals surface area contributed by atoms with Crippen LogP contribution < -0.4 is 11.2 Å². The summed E-state index contributed by atoms with van der Waals surface area (Å²) in [6, 6.07) is 4.32. The molecule has 0 unspecified atom stereocenters. The zero-order valence-electron chi connectivity index (χ0n) is 8.95. The van der Waals surface area contributed by atoms with Crippen molar-refractivity contribution >= 4 is 23.7 Å². The van der Waals surface area contributed by atoms with E-state index in [0.29, 0.717) is 0 Å². The van der Waals surface area contributed by atoms with Crippen LogP contribution in [0.2, 0.25) is 0 Å². The van der Waals surface area contributed by atoms with Crippen LogP contribution in [-0.2, 0) is 4.79 Å². The van der Waals surface area contributed by atoms with Crippen molar-refractivity contribution in [2.45, 2.75) is 0 Å². The number of rotatable bonds is 4. The zero-order valence-corrected chi connectivity index (χ0v) is 8.95. The quantitative estimate of drug-likeness (QED) is 0.434. The number of hydrogen-bond acceptors (Lipinski definition) is 4. The minimum atomic E-state index is -1.49. The van der Waals surface area contributed by atoms with Gasteiger partial charge in [0.2, 0.25) is 0 Å². The molecule has 0 aromatic heterocycles. The molecule has 0 aliphatic heterocycles. The molecule has 0 fully saturated rings. The molecular weight excluding hydrogens is 242 g/mol. The number of amides is 2. The van der Waals surface area contributed by atoms with E-state index in [4.69, 9.17) is 15.9 Å². The molecule has 2 amide bonds. The Hall–Kier alpha value is -2.90. The first-order chi connectivity index (χ1) is 8.43. The van der Waals surface area contributed by atoms with Crippen LogP contribution in [0.5, 0.6) is 0 Å². The molecule has 0 aliphatic rings. The normalized spacial score (nSPS) is 10.8. The standard InChI is InChI=1S/C10H9N3O5/c11-10(18)13-12-7(9(16)17)5-3-1-2-4-6(5)8(14)15/h1-4H,(H,14,15)(H,16,17)(H3,11,13,18)/b12-7+. The number of benzene rings is 1. The largest absolute Gasteiger partial charge is 0.478 e. The van der Waals surface area contributed by atoms with Gasteiger partial charge in [0.05, 0.1) is 5.56 Å². The summed E-state index contributed by atoms with van der Waals surface area (Å²) in [7, 11) is 0. The molecule has 0 bridgehead atoms. The maximum atomic E-state index is 11.0. The number of nitrogens with one attached hydrogen (secondary N) is 1. The average Bonchev–Trinajstić information content (AvgIpc) is 2.28. The van der Waals surface area contributed by atoms with Crippen molar-refractivity contribution in [2.75, 3.05) is 0 Å². The Kier molecular flexibility index (Phi) is 3.98. The highest BCUT2D eigenvalue weighted by Crippen LogP contribution is 2.10. The second kappa shape index (κ2) is 5.43. The van der Waals surface area contributed by atoms with Gasteiger partial charge in [-0.3, -0.25) is 0 Å². The van der Waals surface area contributed by atoms with Crippen molar-refractivity contribution in [1.82, 2.24) is 5.43 Å². The predicted molar refractivity (Wildman–Crippen MR) is 60.3 cm³/mol. The maximum absolute atomic E-state index is 11.0. The molecule has 0 radical (unpaired) electrons. The van der Waals surface area contributed by atoms with Gasteiger partial charge in [-0.15, -0.1) is 0 Å². The fraction of sp³-hybridized carbons (Fsp3) is 0. The smallest absolute Gasteiger partial charge is 0.356 e. The van der Waals surface area contributed by atoms with Crippen LogP contribution in [0.1, 0.15) is 15.9 Å². The molecule has 18 heavy (non-hydrogen) atoms. The van der Waals surface area contributed by atoms with E-state index in [2.05, 4.69) is 5.10 Å². The molecule has 0 saturated carbocycles. The highest BCUT2D eigenvalue weighted by atomic mass is 16.4. The van der Waals surface area contributed by atoms with Crippen molar-refractivity contribution in [2.24, 2.45) is 10.8 Å². The topological polar surface area (TPSA) is 142 Å². The molecule has 94 valence electrons. The number of aliphatic carboxylic acids is 1. The molecule has 0 spiro atoms. The van der Waals surface area contributed by atoms with Gasteiger partial charge < -0.3 is 15.9 Å². The molecule has 0 saturated heterocycles. The second-order valence-electron chi connectivity index (χ2n) is 3.09. The number of carbonyl (C=O) groups excluding carboxylic acids is 1. The van der Waals surface area contributed by atoms with Crippen LogP contribution in [0.3, 0.4) is 0 Å². The minimum Gasteiger partial charge on any atom is -0.478 e. The molecule has 1 rings (SSSR count). The highest BCUT2D eigenvalue weighted by molar-refractivity contribution is 6.43. The van der Waals surface area contributed by atoms with Gasteiger partial charge >= 0.3 is 18.0 Å². The fourth-order valence-corrected chi connectivity index (χ4v) is 1.21. The van der Waals surface area contributed by atoms with Crippen molar-refractivity contribution in [3.63, 3.8) is 0 Å². The summed E-state index contributed by atoms with van der Waals surface area (Å²) in [6.45, 7) is 0. The minimum absolute atomic E-state index is 0.133. The van der Waals surface area contributed by atoms with Crippen molar-refractivity contribution in [3.05, 3.63) is 35.4 Å². The van der Waals surface area contributed by atoms with E-state index < -0.39 is 23.7 Å². The predicted octanol–water partition coefficient (Wildman–Crippen LogP) is -0.158. The number of primary amides is 1. The molecule has 1 aromatic carbocycles. The first-order valence-corrected chi connectivity index (χ1v) is 4.62. The molecule has 8 heteroatoms. The van der Waals surface area contributed by atoms with Gasteiger partial charge in [-0.25, -0.2) is 19.8 Å². The molecule has 5 N–H and O–H groups in total. The van der Waals surface area contributed by atoms with Gasteiger partial charge in [-0.05, 0) is 6.07 Å². The summed E-state index contributed by atoms with van der Waals surface area (Å²) >= 11 is 0. The number of carboxylic acids is 2. The van der Waals surface area contributed by atoms with Crippen molar-refractivity contribution in [3.8, 4) is 0 Å². The number of nitrogens with two attached hydrogens (primary N) is 1. The summed E-state index contributed by atoms with van der Waals surface area (Å²) in [5, 5.41) is 21.1. The van der Waals surface area contributed by atoms with E-state index in [0.717, 1.165) is 0 Å². The van der Waals surface area contributed by atoms with Crippen LogP contribution in [0.25, 0.3) is 0 Å². The van der Waals surface area contributed by atoms with Crippen LogP contribution in [-0.4, -0.2) is 33.9 Å². The van der Waals surface area contributed by atoms with Gasteiger partial charge in [0, 0.05) is 5.56 Å². The molecule has 1 aromatic rings. The van der Waals surface area contributed by atoms with Crippen LogP contribution >= 0.6 is 0 Å². The Labute approximate surface area is 101 Å². The summed E-state index contributed by atoms with van der Waals surface area (Å²) < 4.78 is 0. The Morgan fingerprint density at radius 1 is 1.11 bits per heavy atom. The van der Waals surface area contributed by atoms with Gasteiger partial charge in [0.25, 0.3) is 0 Å². The van der Waals surface area contributed by atoms with Gasteiger partial charge in [-0.2, -0.15) is 5.10 Å². The number of aromatic carboxylic acids is 1. The maximum Gasteiger partial charge on any atom is 0.356 e. The Bertz CT molecular complexity index is 538. The molecular formula is C10H9N3O5. The number of carbonyl (C=O) groups is 3. The summed E-state index contributed by atoms with van der Waals surface area (Å²) in [4.78, 5) is 32.4. The molecule has 0 heterocycles. The zero-order chi connectivity index (χ0) is 13.7. The average molecular weight is 251 g/mol. The highest BCUT2D eigenvalue weighted by Gasteiger charge is 2.20. The molecule has 0 aliphatic carbocycles. The second-order valence-corrected chi connectivity index (χ2v) is 3.09. The van der Waals surface area contributed by atoms with Crippen LogP contribution in [0.15, 0.2) is 29.4 Å². The molecule has 8 nitrogen and oxygen atoms in total. The lowest BCUT2D eigenvalue weighted by Crippen LogP contribution is -2.29. The first-order valence-electron chi connectivity index (χ1n) is 4.62. The lowest BCUT2D eigenvalue weighted by atomic mass is 10.0. The van der Waals surface area contributed by atoms with E-state index in [1.54, 1.807) is 5.43 Å². The van der Waals surface area contributed by atoms with E-state index in [9.17, 15) is 14.4 Å². The lowest BCUT2D eigenvalue weighted by Gasteiger charge is -2.05. The van der Waals surface area contributed by atoms with Gasteiger partial charge in [0.1, 0.15) is 0 Å². The summed E-state index contributed by atoms with van der Waals surface area (Å²) in [6.07, 6.45) is 0. The van der Waals surface area contributed by atoms with E-state index >= 15 is 0 Å². The van der Waals surface area contributed by atoms with Gasteiger partial charge in [-0.1, -0.05) is 18.2 Å². The van der Waals surface area contributed by atoms with Crippen LogP contribution in [0, 0.1) is 0 Å². The van der Waals surface area contributed by atoms with Crippen molar-refractivity contribution in [1.29, 1.82) is 0 Å². The fourth-order valence-electron chi connectivity index (χ4n) is 1.21. The van der Waals surface area contributed by atoms with E-state index in [1.165, 1.54) is 24.3 Å². The number of urea groups is 1. The SMILES string of the molecule is NC(=O)N/N=C(/C(=O)O)c1ccccc1C(=O)O. The number of carboxylic acid groups (broad SMARTS) is 2. The monoisotopic (exact) mass is 251 g/mol. The number of hydrazone groups is 1. The van der Waals surface area contributed by atoms with Crippen LogP contribution in [0.4, 0.5) is 4.79 Å². The Morgan fingerprint density at radius 3 is 2.11 bits per heavy atom. The Balaban J connectivity index is 3.30. The summed E-state index contributed by atoms with van der Waals surface area (Å²) in [5.41, 5.74) is 5.50. The van der Waals surface area contributed by atoms with Gasteiger partial charge in [0.15, 0.2) is 5.71 Å². The number of hydrogen-bond donors (Lipinski definition) is 4. The molecule has 0 atom stereocenters. The third-order valence-corrected chi connectivity index (χ3v) is 1.89. The van der Waals surface area contributed by atoms with E-state index in [-0.39, 0.29) is 11.1 Å². The lowest BCUT2D eigenvalue weighted by molar-refractivity contribution is -0.129. The third kappa shape index (κ3) is 3.04. The van der Waals surface area contributed by atoms with E-state index in [1.807, 2.05) is 0 Å². The third-order valence-electron chi connectivity index (χ3n) is 1.89. The Morgan fingerprint density at radius 2 is 1.67 bits per heavy atom. The summed E-state index contributed by atoms with van der Waals surface area (Å²) in [5.74, 6) is -2.80. The van der Waals surface area contributed by atoms with Crippen molar-refractivity contribution < 1.29 is 24.6 Å². The number of nitrogens with zero attached hydrogens (tertiary/aromatic N) is 1. The first kappa shape index (κ1) is 13.2.